The fraction of sp³-hybridized carbons (Fsp3) is 1.00. The first kappa shape index (κ1) is 7.78. The highest BCUT2D eigenvalue weighted by molar-refractivity contribution is 9.25. The largest absolute Gasteiger partial charge is 0.343 e. The van der Waals surface area contributed by atoms with Crippen molar-refractivity contribution in [1.82, 2.24) is 0 Å². The normalized spacial score (nSPS) is 34.0. The van der Waals surface area contributed by atoms with Crippen molar-refractivity contribution in [2.24, 2.45) is 0 Å². The van der Waals surface area contributed by atoms with Crippen LogP contribution in [0.3, 0.4) is 0 Å². The first-order valence-corrected chi connectivity index (χ1v) is 3.47. The predicted molar refractivity (Wildman–Crippen MR) is 30.5 cm³/mol. The highest BCUT2D eigenvalue weighted by Crippen LogP contribution is 2.73. The Bertz CT molecular complexity index is 111. The molecule has 0 bridgehead atoms. The first-order chi connectivity index (χ1) is 3.75. The summed E-state index contributed by atoms with van der Waals surface area (Å²) in [4.78, 5) is 0. The van der Waals surface area contributed by atoms with Gasteiger partial charge in [-0.1, -0.05) is 31.9 Å². The Morgan fingerprint density at radius 1 is 0.778 bits per heavy atom. The summed E-state index contributed by atoms with van der Waals surface area (Å²) in [6.07, 6.45) is 0. The minimum atomic E-state index is -3.96. The van der Waals surface area contributed by atoms with Gasteiger partial charge in [0.05, 0.1) is 0 Å². The fourth-order valence-corrected chi connectivity index (χ4v) is 1.15. The molecule has 0 unspecified atom stereocenters. The van der Waals surface area contributed by atoms with Gasteiger partial charge in [-0.3, -0.25) is 0 Å². The van der Waals surface area contributed by atoms with Crippen LogP contribution in [0.25, 0.3) is 0 Å². The molecular weight excluding hydrogens is 272 g/mol. The maximum atomic E-state index is 11.8. The van der Waals surface area contributed by atoms with Crippen molar-refractivity contribution in [1.29, 1.82) is 0 Å². The van der Waals surface area contributed by atoms with E-state index in [1.807, 2.05) is 0 Å². The van der Waals surface area contributed by atoms with Crippen molar-refractivity contribution >= 4 is 31.9 Å². The average molecular weight is 272 g/mol. The van der Waals surface area contributed by atoms with Crippen molar-refractivity contribution in [2.75, 3.05) is 0 Å². The molecule has 1 rings (SSSR count). The molecule has 54 valence electrons. The Kier molecular flexibility index (Phi) is 1.27. The summed E-state index contributed by atoms with van der Waals surface area (Å²) in [6.45, 7) is 0. The monoisotopic (exact) mass is 270 g/mol. The second-order valence-corrected chi connectivity index (χ2v) is 5.17. The van der Waals surface area contributed by atoms with Gasteiger partial charge in [-0.05, 0) is 0 Å². The summed E-state index contributed by atoms with van der Waals surface area (Å²) in [5.41, 5.74) is 0. The van der Waals surface area contributed by atoms with E-state index < -0.39 is 15.1 Å². The van der Waals surface area contributed by atoms with E-state index in [4.69, 9.17) is 0 Å². The molecule has 0 saturated heterocycles. The molecule has 0 aromatic heterocycles. The molecular formula is C3Br2F4. The van der Waals surface area contributed by atoms with E-state index >= 15 is 0 Å². The van der Waals surface area contributed by atoms with E-state index in [1.165, 1.54) is 0 Å². The van der Waals surface area contributed by atoms with Gasteiger partial charge in [0, 0.05) is 0 Å². The summed E-state index contributed by atoms with van der Waals surface area (Å²) in [6, 6.07) is 0. The Morgan fingerprint density at radius 3 is 0.889 bits per heavy atom. The lowest BCUT2D eigenvalue weighted by atomic mass is 10.8. The van der Waals surface area contributed by atoms with Gasteiger partial charge in [0.15, 0.2) is 0 Å². The number of hydrogen-bond acceptors (Lipinski definition) is 0. The third-order valence-corrected chi connectivity index (χ3v) is 3.11. The molecule has 0 atom stereocenters. The van der Waals surface area contributed by atoms with E-state index in [1.54, 1.807) is 0 Å². The molecule has 1 fully saturated rings. The maximum Gasteiger partial charge on any atom is 0.343 e. The summed E-state index contributed by atoms with van der Waals surface area (Å²) < 4.78 is 44.9. The molecule has 0 radical (unpaired) electrons. The Balaban J connectivity index is 2.91. The van der Waals surface area contributed by atoms with Crippen molar-refractivity contribution in [3.63, 3.8) is 0 Å². The van der Waals surface area contributed by atoms with E-state index in [0.29, 0.717) is 0 Å². The van der Waals surface area contributed by atoms with E-state index in [0.717, 1.165) is 0 Å². The van der Waals surface area contributed by atoms with Crippen LogP contribution in [0.5, 0.6) is 0 Å². The highest BCUT2D eigenvalue weighted by atomic mass is 79.9. The number of rotatable bonds is 0. The molecule has 0 amide bonds. The molecule has 0 heterocycles. The van der Waals surface area contributed by atoms with E-state index in [9.17, 15) is 17.6 Å². The molecule has 0 aliphatic heterocycles. The summed E-state index contributed by atoms with van der Waals surface area (Å²) >= 11 is 4.29. The number of alkyl halides is 6. The zero-order chi connectivity index (χ0) is 7.50. The lowest BCUT2D eigenvalue weighted by molar-refractivity contribution is -0.0278. The van der Waals surface area contributed by atoms with Crippen LogP contribution < -0.4 is 0 Å². The molecule has 0 N–H and O–H groups in total. The zero-order valence-corrected chi connectivity index (χ0v) is 6.94. The van der Waals surface area contributed by atoms with Gasteiger partial charge in [0.1, 0.15) is 0 Å². The average Bonchev–Trinajstić information content (AvgIpc) is 1.84. The van der Waals surface area contributed by atoms with Crippen molar-refractivity contribution in [3.05, 3.63) is 0 Å². The van der Waals surface area contributed by atoms with E-state index in [2.05, 4.69) is 31.9 Å². The van der Waals surface area contributed by atoms with Crippen LogP contribution in [0, 0.1) is 0 Å². The Labute approximate surface area is 64.9 Å². The van der Waals surface area contributed by atoms with Crippen LogP contribution in [0.1, 0.15) is 0 Å². The van der Waals surface area contributed by atoms with Crippen LogP contribution in [0.2, 0.25) is 0 Å². The first-order valence-electron chi connectivity index (χ1n) is 1.88. The van der Waals surface area contributed by atoms with Crippen LogP contribution in [-0.2, 0) is 0 Å². The third-order valence-electron chi connectivity index (χ3n) is 1.12. The van der Waals surface area contributed by atoms with Crippen LogP contribution in [0.4, 0.5) is 17.6 Å². The molecule has 1 saturated carbocycles. The quantitative estimate of drug-likeness (QED) is 0.470. The van der Waals surface area contributed by atoms with Crippen molar-refractivity contribution in [3.8, 4) is 0 Å². The zero-order valence-electron chi connectivity index (χ0n) is 3.77. The Hall–Kier alpha value is 0.680. The molecule has 0 aromatic rings. The second-order valence-electron chi connectivity index (χ2n) is 1.72. The van der Waals surface area contributed by atoms with Crippen LogP contribution in [0.15, 0.2) is 0 Å². The predicted octanol–water partition coefficient (Wildman–Crippen LogP) is 2.76. The molecule has 6 heteroatoms. The highest BCUT2D eigenvalue weighted by Gasteiger charge is 2.95. The minimum Gasteiger partial charge on any atom is -0.197 e. The van der Waals surface area contributed by atoms with Gasteiger partial charge in [0.25, 0.3) is 0 Å². The minimum absolute atomic E-state index is 2.15. The summed E-state index contributed by atoms with van der Waals surface area (Å²) in [5.74, 6) is -7.92. The van der Waals surface area contributed by atoms with Crippen LogP contribution >= 0.6 is 31.9 Å². The molecule has 1 aliphatic rings. The van der Waals surface area contributed by atoms with Gasteiger partial charge >= 0.3 is 11.8 Å². The molecule has 9 heavy (non-hydrogen) atoms. The lowest BCUT2D eigenvalue weighted by Gasteiger charge is -1.87. The smallest absolute Gasteiger partial charge is 0.197 e. The van der Waals surface area contributed by atoms with Gasteiger partial charge in [-0.25, -0.2) is 0 Å². The molecule has 0 spiro atoms. The lowest BCUT2D eigenvalue weighted by Crippen LogP contribution is -2.02. The van der Waals surface area contributed by atoms with Crippen molar-refractivity contribution < 1.29 is 17.6 Å². The number of halogens is 6. The van der Waals surface area contributed by atoms with Crippen LogP contribution in [-0.4, -0.2) is 15.1 Å². The summed E-state index contributed by atoms with van der Waals surface area (Å²) in [7, 11) is 0. The molecule has 0 nitrogen and oxygen atoms in total. The summed E-state index contributed by atoms with van der Waals surface area (Å²) in [5, 5.41) is 0. The van der Waals surface area contributed by atoms with Gasteiger partial charge in [-0.2, -0.15) is 17.6 Å². The van der Waals surface area contributed by atoms with Gasteiger partial charge in [-0.15, -0.1) is 0 Å². The topological polar surface area (TPSA) is 0 Å². The van der Waals surface area contributed by atoms with E-state index in [-0.39, 0.29) is 0 Å². The third kappa shape index (κ3) is 0.587. The SMILES string of the molecule is FC1(F)C(F)(F)C1(Br)Br. The number of hydrogen-bond donors (Lipinski definition) is 0. The van der Waals surface area contributed by atoms with Crippen molar-refractivity contribution in [2.45, 2.75) is 15.1 Å². The Morgan fingerprint density at radius 2 is 0.889 bits per heavy atom. The molecule has 0 aromatic carbocycles. The molecule has 1 aliphatic carbocycles. The fourth-order valence-electron chi connectivity index (χ4n) is 0.356. The van der Waals surface area contributed by atoms with Gasteiger partial charge in [0.2, 0.25) is 3.23 Å². The second kappa shape index (κ2) is 1.47. The van der Waals surface area contributed by atoms with Gasteiger partial charge < -0.3 is 0 Å². The standard InChI is InChI=1S/C3Br2F4/c4-1(5)2(6,7)3(1,8)9. The maximum absolute atomic E-state index is 11.8.